The molecule has 0 aliphatic heterocycles. The maximum absolute atomic E-state index is 4.72. The molecule has 1 saturated carbocycles. The Balaban J connectivity index is 1.76. The van der Waals surface area contributed by atoms with Crippen molar-refractivity contribution in [2.24, 2.45) is 5.92 Å². The minimum absolute atomic E-state index is 0.576. The Morgan fingerprint density at radius 1 is 1.37 bits per heavy atom. The molecule has 0 amide bonds. The highest BCUT2D eigenvalue weighted by Gasteiger charge is 2.17. The van der Waals surface area contributed by atoms with Crippen molar-refractivity contribution in [3.63, 3.8) is 0 Å². The van der Waals surface area contributed by atoms with E-state index in [-0.39, 0.29) is 0 Å². The summed E-state index contributed by atoms with van der Waals surface area (Å²) < 4.78 is 2.18. The van der Waals surface area contributed by atoms with Crippen LogP contribution in [0.4, 0.5) is 0 Å². The highest BCUT2D eigenvalue weighted by atomic mass is 15.3. The molecule has 3 nitrogen and oxygen atoms in total. The second kappa shape index (κ2) is 7.09. The molecule has 2 atom stereocenters. The van der Waals surface area contributed by atoms with Gasteiger partial charge in [0.2, 0.25) is 0 Å². The lowest BCUT2D eigenvalue weighted by Crippen LogP contribution is -2.27. The summed E-state index contributed by atoms with van der Waals surface area (Å²) in [5, 5.41) is 8.31. The van der Waals surface area contributed by atoms with E-state index in [2.05, 4.69) is 43.0 Å². The van der Waals surface area contributed by atoms with Crippen LogP contribution in [0.2, 0.25) is 0 Å². The van der Waals surface area contributed by atoms with Crippen LogP contribution in [0.1, 0.15) is 71.0 Å². The summed E-state index contributed by atoms with van der Waals surface area (Å²) in [5.74, 6) is 0.804. The smallest absolute Gasteiger partial charge is 0.0762 e. The van der Waals surface area contributed by atoms with E-state index in [0.29, 0.717) is 12.1 Å². The van der Waals surface area contributed by atoms with E-state index in [1.54, 1.807) is 0 Å². The molecule has 2 rings (SSSR count). The lowest BCUT2D eigenvalue weighted by atomic mass is 10.0. The van der Waals surface area contributed by atoms with E-state index in [0.717, 1.165) is 12.5 Å². The third-order valence-corrected chi connectivity index (χ3v) is 4.45. The third kappa shape index (κ3) is 4.34. The van der Waals surface area contributed by atoms with Gasteiger partial charge >= 0.3 is 0 Å². The Morgan fingerprint density at radius 2 is 2.11 bits per heavy atom. The Labute approximate surface area is 117 Å². The summed E-state index contributed by atoms with van der Waals surface area (Å²) in [4.78, 5) is 0. The molecule has 1 aromatic heterocycles. The third-order valence-electron chi connectivity index (χ3n) is 4.45. The van der Waals surface area contributed by atoms with Crippen LogP contribution in [0.5, 0.6) is 0 Å². The van der Waals surface area contributed by atoms with Crippen molar-refractivity contribution in [3.8, 4) is 0 Å². The monoisotopic (exact) mass is 263 g/mol. The molecule has 108 valence electrons. The Kier molecular flexibility index (Phi) is 5.44. The molecule has 0 saturated heterocycles. The molecule has 1 N–H and O–H groups in total. The minimum Gasteiger partial charge on any atom is -0.309 e. The first-order valence-corrected chi connectivity index (χ1v) is 7.96. The van der Waals surface area contributed by atoms with Gasteiger partial charge in [-0.3, -0.25) is 4.68 Å². The van der Waals surface area contributed by atoms with Gasteiger partial charge in [-0.25, -0.2) is 0 Å². The molecule has 0 aromatic carbocycles. The maximum atomic E-state index is 4.72. The number of hydrogen-bond acceptors (Lipinski definition) is 2. The zero-order valence-corrected chi connectivity index (χ0v) is 12.7. The van der Waals surface area contributed by atoms with Crippen LogP contribution in [-0.4, -0.2) is 15.8 Å². The van der Waals surface area contributed by atoms with E-state index < -0.39 is 0 Å². The first kappa shape index (κ1) is 14.6. The van der Waals surface area contributed by atoms with Crippen LogP contribution in [0.25, 0.3) is 0 Å². The van der Waals surface area contributed by atoms with Crippen molar-refractivity contribution in [1.82, 2.24) is 15.1 Å². The molecule has 0 radical (unpaired) electrons. The molecule has 3 heteroatoms. The van der Waals surface area contributed by atoms with Gasteiger partial charge in [-0.1, -0.05) is 33.1 Å². The maximum Gasteiger partial charge on any atom is 0.0762 e. The molecule has 1 aromatic rings. The predicted molar refractivity (Wildman–Crippen MR) is 80.1 cm³/mol. The first-order valence-electron chi connectivity index (χ1n) is 7.96. The van der Waals surface area contributed by atoms with Gasteiger partial charge in [-0.15, -0.1) is 0 Å². The first-order chi connectivity index (χ1) is 9.19. The number of aromatic nitrogens is 2. The molecule has 1 heterocycles. The predicted octanol–water partition coefficient (Wildman–Crippen LogP) is 3.91. The van der Waals surface area contributed by atoms with Crippen LogP contribution in [0, 0.1) is 5.92 Å². The fourth-order valence-corrected chi connectivity index (χ4v) is 2.98. The topological polar surface area (TPSA) is 29.9 Å². The Hall–Kier alpha value is -0.830. The molecule has 2 unspecified atom stereocenters. The summed E-state index contributed by atoms with van der Waals surface area (Å²) in [6.07, 6.45) is 10.0. The van der Waals surface area contributed by atoms with Crippen molar-refractivity contribution < 1.29 is 0 Å². The number of nitrogens with zero attached hydrogens (tertiary/aromatic N) is 2. The molecule has 0 bridgehead atoms. The number of hydrogen-bond donors (Lipinski definition) is 1. The minimum atomic E-state index is 0.576. The second-order valence-corrected chi connectivity index (χ2v) is 6.26. The number of rotatable bonds is 7. The van der Waals surface area contributed by atoms with Crippen LogP contribution >= 0.6 is 0 Å². The van der Waals surface area contributed by atoms with Crippen molar-refractivity contribution in [2.75, 3.05) is 0 Å². The SMILES string of the molecule is CCC(C)CC(C)NCc1ccn(C2CCCC2)n1. The largest absolute Gasteiger partial charge is 0.309 e. The standard InChI is InChI=1S/C16H29N3/c1-4-13(2)11-14(3)17-12-15-9-10-19(18-15)16-7-5-6-8-16/h9-10,13-14,16-17H,4-8,11-12H2,1-3H3. The van der Waals surface area contributed by atoms with Crippen LogP contribution in [0.15, 0.2) is 12.3 Å². The van der Waals surface area contributed by atoms with E-state index in [1.807, 2.05) is 0 Å². The fraction of sp³-hybridized carbons (Fsp3) is 0.812. The van der Waals surface area contributed by atoms with Gasteiger partial charge < -0.3 is 5.32 Å². The van der Waals surface area contributed by atoms with Gasteiger partial charge in [-0.2, -0.15) is 5.10 Å². The summed E-state index contributed by atoms with van der Waals surface area (Å²) in [5.41, 5.74) is 1.18. The van der Waals surface area contributed by atoms with E-state index in [1.165, 1.54) is 44.2 Å². The van der Waals surface area contributed by atoms with E-state index >= 15 is 0 Å². The van der Waals surface area contributed by atoms with Gasteiger partial charge in [0.1, 0.15) is 0 Å². The highest BCUT2D eigenvalue weighted by molar-refractivity contribution is 5.00. The number of nitrogens with one attached hydrogen (secondary N) is 1. The lowest BCUT2D eigenvalue weighted by molar-refractivity contribution is 0.407. The van der Waals surface area contributed by atoms with Gasteiger partial charge in [0.25, 0.3) is 0 Å². The summed E-state index contributed by atoms with van der Waals surface area (Å²) in [6, 6.07) is 3.40. The van der Waals surface area contributed by atoms with Crippen molar-refractivity contribution in [2.45, 2.75) is 77.9 Å². The molecule has 0 spiro atoms. The zero-order chi connectivity index (χ0) is 13.7. The Bertz CT molecular complexity index is 366. The Morgan fingerprint density at radius 3 is 2.79 bits per heavy atom. The molecule has 19 heavy (non-hydrogen) atoms. The molecular formula is C16H29N3. The second-order valence-electron chi connectivity index (χ2n) is 6.26. The molecule has 1 fully saturated rings. The van der Waals surface area contributed by atoms with Crippen molar-refractivity contribution in [3.05, 3.63) is 18.0 Å². The zero-order valence-electron chi connectivity index (χ0n) is 12.7. The normalized spacial score (nSPS) is 19.7. The molecule has 1 aliphatic carbocycles. The van der Waals surface area contributed by atoms with Crippen molar-refractivity contribution in [1.29, 1.82) is 0 Å². The average molecular weight is 263 g/mol. The summed E-state index contributed by atoms with van der Waals surface area (Å²) >= 11 is 0. The van der Waals surface area contributed by atoms with Gasteiger partial charge in [-0.05, 0) is 38.2 Å². The molecule has 1 aliphatic rings. The quantitative estimate of drug-likeness (QED) is 0.808. The van der Waals surface area contributed by atoms with Crippen LogP contribution < -0.4 is 5.32 Å². The van der Waals surface area contributed by atoms with Crippen molar-refractivity contribution >= 4 is 0 Å². The van der Waals surface area contributed by atoms with Gasteiger partial charge in [0, 0.05) is 18.8 Å². The van der Waals surface area contributed by atoms with E-state index in [4.69, 9.17) is 5.10 Å². The van der Waals surface area contributed by atoms with Gasteiger partial charge in [0.15, 0.2) is 0 Å². The summed E-state index contributed by atoms with van der Waals surface area (Å²) in [7, 11) is 0. The van der Waals surface area contributed by atoms with Crippen LogP contribution in [-0.2, 0) is 6.54 Å². The van der Waals surface area contributed by atoms with Gasteiger partial charge in [0.05, 0.1) is 11.7 Å². The summed E-state index contributed by atoms with van der Waals surface area (Å²) in [6.45, 7) is 7.77. The lowest BCUT2D eigenvalue weighted by Gasteiger charge is -2.16. The van der Waals surface area contributed by atoms with E-state index in [9.17, 15) is 0 Å². The average Bonchev–Trinajstić information content (AvgIpc) is 3.06. The molecular weight excluding hydrogens is 234 g/mol. The van der Waals surface area contributed by atoms with Crippen LogP contribution in [0.3, 0.4) is 0 Å². The highest BCUT2D eigenvalue weighted by Crippen LogP contribution is 2.28. The fourth-order valence-electron chi connectivity index (χ4n) is 2.98.